The van der Waals surface area contributed by atoms with Crippen molar-refractivity contribution in [1.82, 2.24) is 9.55 Å². The predicted octanol–water partition coefficient (Wildman–Crippen LogP) is 3.98. The van der Waals surface area contributed by atoms with Gasteiger partial charge in [0.1, 0.15) is 4.83 Å². The fraction of sp³-hybridized carbons (Fsp3) is 0.250. The van der Waals surface area contributed by atoms with Crippen molar-refractivity contribution in [3.63, 3.8) is 0 Å². The quantitative estimate of drug-likeness (QED) is 0.742. The van der Waals surface area contributed by atoms with Crippen LogP contribution in [0.4, 0.5) is 0 Å². The molecule has 3 aromatic rings. The summed E-state index contributed by atoms with van der Waals surface area (Å²) >= 11 is 6.94. The Balaban J connectivity index is 2.05. The Kier molecular flexibility index (Phi) is 3.78. The zero-order valence-corrected chi connectivity index (χ0v) is 13.6. The van der Waals surface area contributed by atoms with Gasteiger partial charge in [-0.05, 0) is 43.6 Å². The number of nitrogens with one attached hydrogen (secondary N) is 1. The van der Waals surface area contributed by atoms with Gasteiger partial charge in [0.2, 0.25) is 0 Å². The van der Waals surface area contributed by atoms with E-state index in [1.165, 1.54) is 5.56 Å². The molecule has 1 N–H and O–H groups in total. The molecule has 0 unspecified atom stereocenters. The lowest BCUT2D eigenvalue weighted by atomic mass is 10.1. The third kappa shape index (κ3) is 2.59. The van der Waals surface area contributed by atoms with Crippen molar-refractivity contribution in [1.29, 1.82) is 0 Å². The number of rotatable bonds is 3. The highest BCUT2D eigenvalue weighted by Crippen LogP contribution is 2.25. The van der Waals surface area contributed by atoms with Crippen LogP contribution in [0, 0.1) is 18.6 Å². The number of aryl methyl sites for hydroxylation is 3. The molecule has 108 valence electrons. The van der Waals surface area contributed by atoms with Gasteiger partial charge in [0.05, 0.1) is 5.39 Å². The van der Waals surface area contributed by atoms with E-state index in [2.05, 4.69) is 17.1 Å². The zero-order chi connectivity index (χ0) is 15.0. The lowest BCUT2D eigenvalue weighted by molar-refractivity contribution is 0.653. The van der Waals surface area contributed by atoms with Crippen LogP contribution in [0.3, 0.4) is 0 Å². The maximum atomic E-state index is 12.7. The van der Waals surface area contributed by atoms with E-state index in [1.807, 2.05) is 32.0 Å². The summed E-state index contributed by atoms with van der Waals surface area (Å²) in [6, 6.07) is 10.1. The van der Waals surface area contributed by atoms with Gasteiger partial charge in [-0.3, -0.25) is 9.36 Å². The second-order valence-electron chi connectivity index (χ2n) is 5.11. The maximum Gasteiger partial charge on any atom is 0.263 e. The fourth-order valence-corrected chi connectivity index (χ4v) is 3.85. The molecule has 1 aromatic carbocycles. The maximum absolute atomic E-state index is 12.7. The second-order valence-corrected chi connectivity index (χ2v) is 6.72. The molecular weight excluding hydrogens is 300 g/mol. The molecule has 0 aliphatic rings. The zero-order valence-electron chi connectivity index (χ0n) is 12.0. The van der Waals surface area contributed by atoms with Crippen LogP contribution in [-0.4, -0.2) is 9.55 Å². The fourth-order valence-electron chi connectivity index (χ4n) is 2.45. The van der Waals surface area contributed by atoms with Crippen LogP contribution >= 0.6 is 23.6 Å². The summed E-state index contributed by atoms with van der Waals surface area (Å²) in [5, 5.41) is 0.777. The Hall–Kier alpha value is -1.72. The second kappa shape index (κ2) is 5.58. The monoisotopic (exact) mass is 316 g/mol. The average molecular weight is 316 g/mol. The van der Waals surface area contributed by atoms with Gasteiger partial charge >= 0.3 is 0 Å². The molecule has 21 heavy (non-hydrogen) atoms. The van der Waals surface area contributed by atoms with Crippen molar-refractivity contribution in [3.05, 3.63) is 61.5 Å². The van der Waals surface area contributed by atoms with E-state index < -0.39 is 0 Å². The lowest BCUT2D eigenvalue weighted by Gasteiger charge is -2.07. The summed E-state index contributed by atoms with van der Waals surface area (Å²) in [6.45, 7) is 4.63. The highest BCUT2D eigenvalue weighted by atomic mass is 32.1. The van der Waals surface area contributed by atoms with Crippen LogP contribution in [0.2, 0.25) is 0 Å². The van der Waals surface area contributed by atoms with Crippen molar-refractivity contribution in [3.8, 4) is 0 Å². The van der Waals surface area contributed by atoms with Gasteiger partial charge in [0, 0.05) is 11.4 Å². The van der Waals surface area contributed by atoms with E-state index in [4.69, 9.17) is 12.2 Å². The van der Waals surface area contributed by atoms with Crippen molar-refractivity contribution in [2.24, 2.45) is 0 Å². The molecule has 0 amide bonds. The van der Waals surface area contributed by atoms with Crippen molar-refractivity contribution in [2.75, 3.05) is 0 Å². The molecule has 0 aliphatic carbocycles. The minimum Gasteiger partial charge on any atom is -0.323 e. The molecule has 3 rings (SSSR count). The summed E-state index contributed by atoms with van der Waals surface area (Å²) in [7, 11) is 0. The van der Waals surface area contributed by atoms with Crippen molar-refractivity contribution < 1.29 is 0 Å². The molecule has 0 aliphatic heterocycles. The normalized spacial score (nSPS) is 11.1. The first kappa shape index (κ1) is 14.2. The molecular formula is C16H16N2OS2. The minimum atomic E-state index is 0.0199. The Bertz CT molecular complexity index is 904. The molecule has 0 spiro atoms. The Morgan fingerprint density at radius 3 is 2.67 bits per heavy atom. The van der Waals surface area contributed by atoms with E-state index in [0.717, 1.165) is 27.1 Å². The summed E-state index contributed by atoms with van der Waals surface area (Å²) in [6.07, 6.45) is 0.798. The van der Waals surface area contributed by atoms with E-state index >= 15 is 0 Å². The number of aromatic nitrogens is 2. The molecule has 0 fully saturated rings. The van der Waals surface area contributed by atoms with E-state index in [-0.39, 0.29) is 5.56 Å². The number of hydrogen-bond acceptors (Lipinski definition) is 3. The van der Waals surface area contributed by atoms with Crippen LogP contribution in [0.1, 0.15) is 16.0 Å². The van der Waals surface area contributed by atoms with Gasteiger partial charge in [-0.25, -0.2) is 0 Å². The first-order valence-corrected chi connectivity index (χ1v) is 8.07. The molecule has 0 radical (unpaired) electrons. The van der Waals surface area contributed by atoms with Gasteiger partial charge in [-0.1, -0.05) is 30.3 Å². The molecule has 2 aromatic heterocycles. The predicted molar refractivity (Wildman–Crippen MR) is 90.9 cm³/mol. The Morgan fingerprint density at radius 1 is 1.24 bits per heavy atom. The number of H-pyrrole nitrogens is 1. The minimum absolute atomic E-state index is 0.0199. The third-order valence-electron chi connectivity index (χ3n) is 3.78. The Labute approximate surface area is 131 Å². The van der Waals surface area contributed by atoms with E-state index in [0.29, 0.717) is 11.3 Å². The van der Waals surface area contributed by atoms with Gasteiger partial charge in [-0.2, -0.15) is 0 Å². The van der Waals surface area contributed by atoms with Crippen LogP contribution < -0.4 is 5.56 Å². The summed E-state index contributed by atoms with van der Waals surface area (Å²) < 4.78 is 2.17. The molecule has 0 bridgehead atoms. The van der Waals surface area contributed by atoms with Crippen LogP contribution in [0.15, 0.2) is 35.1 Å². The standard InChI is InChI=1S/C16H16N2OS2/c1-10-11(2)21-14-13(10)15(19)18(16(20)17-14)9-8-12-6-4-3-5-7-12/h3-7H,8-9H2,1-2H3,(H,17,20). The van der Waals surface area contributed by atoms with E-state index in [1.54, 1.807) is 15.9 Å². The number of fused-ring (bicyclic) bond motifs is 1. The summed E-state index contributed by atoms with van der Waals surface area (Å²) in [5.41, 5.74) is 2.28. The average Bonchev–Trinajstić information content (AvgIpc) is 2.74. The van der Waals surface area contributed by atoms with Crippen LogP contribution in [-0.2, 0) is 13.0 Å². The molecule has 2 heterocycles. The first-order valence-electron chi connectivity index (χ1n) is 6.84. The third-order valence-corrected chi connectivity index (χ3v) is 5.22. The molecule has 5 heteroatoms. The van der Waals surface area contributed by atoms with Gasteiger partial charge in [-0.15, -0.1) is 11.3 Å². The van der Waals surface area contributed by atoms with Gasteiger partial charge in [0.25, 0.3) is 5.56 Å². The number of benzene rings is 1. The summed E-state index contributed by atoms with van der Waals surface area (Å²) in [5.74, 6) is 0. The largest absolute Gasteiger partial charge is 0.323 e. The molecule has 0 saturated heterocycles. The smallest absolute Gasteiger partial charge is 0.263 e. The summed E-state index contributed by atoms with van der Waals surface area (Å²) in [4.78, 5) is 17.9. The number of nitrogens with zero attached hydrogens (tertiary/aromatic N) is 1. The molecule has 3 nitrogen and oxygen atoms in total. The van der Waals surface area contributed by atoms with Gasteiger partial charge in [0.15, 0.2) is 4.77 Å². The highest BCUT2D eigenvalue weighted by Gasteiger charge is 2.12. The Morgan fingerprint density at radius 2 is 1.95 bits per heavy atom. The molecule has 0 saturated carbocycles. The number of aromatic amines is 1. The molecule has 0 atom stereocenters. The van der Waals surface area contributed by atoms with Crippen LogP contribution in [0.25, 0.3) is 10.2 Å². The van der Waals surface area contributed by atoms with Gasteiger partial charge < -0.3 is 4.98 Å². The highest BCUT2D eigenvalue weighted by molar-refractivity contribution is 7.71. The lowest BCUT2D eigenvalue weighted by Crippen LogP contribution is -2.23. The van der Waals surface area contributed by atoms with Crippen molar-refractivity contribution >= 4 is 33.8 Å². The first-order chi connectivity index (χ1) is 10.1. The van der Waals surface area contributed by atoms with E-state index in [9.17, 15) is 4.79 Å². The SMILES string of the molecule is Cc1sc2[nH]c(=S)n(CCc3ccccc3)c(=O)c2c1C. The van der Waals surface area contributed by atoms with Crippen molar-refractivity contribution in [2.45, 2.75) is 26.8 Å². The number of hydrogen-bond donors (Lipinski definition) is 1. The van der Waals surface area contributed by atoms with Crippen LogP contribution in [0.5, 0.6) is 0 Å². The number of thiophene rings is 1. The topological polar surface area (TPSA) is 37.8 Å².